The van der Waals surface area contributed by atoms with Gasteiger partial charge in [-0.1, -0.05) is 12.1 Å². The quantitative estimate of drug-likeness (QED) is 0.713. The first kappa shape index (κ1) is 11.6. The van der Waals surface area contributed by atoms with E-state index >= 15 is 0 Å². The summed E-state index contributed by atoms with van der Waals surface area (Å²) >= 11 is 0. The van der Waals surface area contributed by atoms with Crippen LogP contribution in [-0.4, -0.2) is 16.0 Å². The maximum atomic E-state index is 12.9. The highest BCUT2D eigenvalue weighted by Crippen LogP contribution is 2.20. The van der Waals surface area contributed by atoms with Crippen LogP contribution in [0.1, 0.15) is 21.6 Å². The number of fused-ring (bicyclic) bond motifs is 1. The number of carbonyl (C=O) groups excluding carboxylic acids is 1. The molecule has 0 unspecified atom stereocenters. The molecule has 0 saturated heterocycles. The second-order valence-electron chi connectivity index (χ2n) is 4.46. The third-order valence-corrected chi connectivity index (χ3v) is 3.04. The number of benzene rings is 2. The van der Waals surface area contributed by atoms with Crippen molar-refractivity contribution in [1.82, 2.24) is 10.2 Å². The molecule has 0 atom stereocenters. The van der Waals surface area contributed by atoms with Crippen molar-refractivity contribution in [2.45, 2.75) is 6.92 Å². The van der Waals surface area contributed by atoms with Gasteiger partial charge in [0.05, 0.1) is 5.52 Å². The number of hydrogen-bond acceptors (Lipinski definition) is 2. The predicted molar refractivity (Wildman–Crippen MR) is 70.7 cm³/mol. The van der Waals surface area contributed by atoms with Crippen molar-refractivity contribution in [2.75, 3.05) is 0 Å². The number of H-pyrrole nitrogens is 1. The molecule has 3 aromatic rings. The van der Waals surface area contributed by atoms with Crippen LogP contribution in [0.3, 0.4) is 0 Å². The molecule has 0 fully saturated rings. The van der Waals surface area contributed by atoms with E-state index in [4.69, 9.17) is 0 Å². The Kier molecular flexibility index (Phi) is 2.63. The molecule has 0 radical (unpaired) electrons. The summed E-state index contributed by atoms with van der Waals surface area (Å²) in [5.41, 5.74) is 2.71. The molecule has 3 nitrogen and oxygen atoms in total. The lowest BCUT2D eigenvalue weighted by Gasteiger charge is -1.98. The molecule has 19 heavy (non-hydrogen) atoms. The number of ketones is 1. The van der Waals surface area contributed by atoms with Gasteiger partial charge in [-0.3, -0.25) is 9.89 Å². The Bertz CT molecular complexity index is 759. The largest absolute Gasteiger partial charge is 0.287 e. The third kappa shape index (κ3) is 2.01. The number of halogens is 1. The van der Waals surface area contributed by atoms with Gasteiger partial charge in [0, 0.05) is 10.9 Å². The van der Waals surface area contributed by atoms with Crippen LogP contribution in [0.5, 0.6) is 0 Å². The standard InChI is InChI=1S/C15H11FN2O/c1-9-2-7-12-13(8-9)17-18-14(12)15(19)10-3-5-11(16)6-4-10/h2-8H,1H3,(H,17,18). The molecule has 1 heterocycles. The van der Waals surface area contributed by atoms with Gasteiger partial charge in [0.1, 0.15) is 11.5 Å². The molecular formula is C15H11FN2O. The van der Waals surface area contributed by atoms with Gasteiger partial charge in [0.2, 0.25) is 5.78 Å². The second kappa shape index (κ2) is 4.31. The molecule has 0 bridgehead atoms. The summed E-state index contributed by atoms with van der Waals surface area (Å²) in [6.07, 6.45) is 0. The van der Waals surface area contributed by atoms with Gasteiger partial charge in [-0.15, -0.1) is 0 Å². The summed E-state index contributed by atoms with van der Waals surface area (Å²) in [6, 6.07) is 11.2. The minimum atomic E-state index is -0.362. The third-order valence-electron chi connectivity index (χ3n) is 3.04. The summed E-state index contributed by atoms with van der Waals surface area (Å²) in [7, 11) is 0. The average Bonchev–Trinajstić information content (AvgIpc) is 2.81. The minimum Gasteiger partial charge on any atom is -0.287 e. The number of carbonyl (C=O) groups is 1. The molecule has 2 aromatic carbocycles. The van der Waals surface area contributed by atoms with E-state index in [-0.39, 0.29) is 11.6 Å². The van der Waals surface area contributed by atoms with Crippen molar-refractivity contribution >= 4 is 16.7 Å². The minimum absolute atomic E-state index is 0.213. The highest BCUT2D eigenvalue weighted by molar-refractivity contribution is 6.14. The molecular weight excluding hydrogens is 243 g/mol. The molecule has 0 aliphatic carbocycles. The fourth-order valence-corrected chi connectivity index (χ4v) is 2.04. The molecule has 1 N–H and O–H groups in total. The van der Waals surface area contributed by atoms with Crippen molar-refractivity contribution in [2.24, 2.45) is 0 Å². The number of aryl methyl sites for hydroxylation is 1. The molecule has 0 aliphatic heterocycles. The Morgan fingerprint density at radius 1 is 1.16 bits per heavy atom. The van der Waals surface area contributed by atoms with Crippen molar-refractivity contribution in [1.29, 1.82) is 0 Å². The SMILES string of the molecule is Cc1ccc2c(C(=O)c3ccc(F)cc3)n[nH]c2c1. The Morgan fingerprint density at radius 3 is 2.63 bits per heavy atom. The summed E-state index contributed by atoms with van der Waals surface area (Å²) < 4.78 is 12.9. The fourth-order valence-electron chi connectivity index (χ4n) is 2.04. The lowest BCUT2D eigenvalue weighted by molar-refractivity contribution is 0.103. The molecule has 0 saturated carbocycles. The summed E-state index contributed by atoms with van der Waals surface area (Å²) in [6.45, 7) is 1.97. The van der Waals surface area contributed by atoms with E-state index in [9.17, 15) is 9.18 Å². The monoisotopic (exact) mass is 254 g/mol. The molecule has 0 aliphatic rings. The predicted octanol–water partition coefficient (Wildman–Crippen LogP) is 3.24. The van der Waals surface area contributed by atoms with Gasteiger partial charge in [-0.2, -0.15) is 5.10 Å². The van der Waals surface area contributed by atoms with Gasteiger partial charge in [-0.05, 0) is 42.8 Å². The van der Waals surface area contributed by atoms with Crippen LogP contribution in [-0.2, 0) is 0 Å². The first-order valence-corrected chi connectivity index (χ1v) is 5.90. The molecule has 94 valence electrons. The Balaban J connectivity index is 2.09. The average molecular weight is 254 g/mol. The number of hydrogen-bond donors (Lipinski definition) is 1. The van der Waals surface area contributed by atoms with Crippen molar-refractivity contribution in [3.63, 3.8) is 0 Å². The number of aromatic nitrogens is 2. The number of nitrogens with one attached hydrogen (secondary N) is 1. The van der Waals surface area contributed by atoms with Gasteiger partial charge < -0.3 is 0 Å². The van der Waals surface area contributed by atoms with Gasteiger partial charge in [-0.25, -0.2) is 4.39 Å². The van der Waals surface area contributed by atoms with E-state index in [1.54, 1.807) is 0 Å². The smallest absolute Gasteiger partial charge is 0.213 e. The number of nitrogens with zero attached hydrogens (tertiary/aromatic N) is 1. The summed E-state index contributed by atoms with van der Waals surface area (Å²) in [5.74, 6) is -0.575. The van der Waals surface area contributed by atoms with E-state index in [0.29, 0.717) is 11.3 Å². The molecule has 1 aromatic heterocycles. The van der Waals surface area contributed by atoms with E-state index in [0.717, 1.165) is 16.5 Å². The molecule has 3 rings (SSSR count). The van der Waals surface area contributed by atoms with E-state index in [1.165, 1.54) is 24.3 Å². The van der Waals surface area contributed by atoms with E-state index < -0.39 is 0 Å². The zero-order valence-corrected chi connectivity index (χ0v) is 10.3. The van der Waals surface area contributed by atoms with Gasteiger partial charge >= 0.3 is 0 Å². The van der Waals surface area contributed by atoms with E-state index in [1.807, 2.05) is 25.1 Å². The first-order chi connectivity index (χ1) is 9.15. The summed E-state index contributed by atoms with van der Waals surface area (Å²) in [5, 5.41) is 7.69. The van der Waals surface area contributed by atoms with E-state index in [2.05, 4.69) is 10.2 Å². The zero-order chi connectivity index (χ0) is 13.4. The fraction of sp³-hybridized carbons (Fsp3) is 0.0667. The van der Waals surface area contributed by atoms with Crippen molar-refractivity contribution in [3.8, 4) is 0 Å². The molecule has 0 spiro atoms. The Morgan fingerprint density at radius 2 is 1.89 bits per heavy atom. The van der Waals surface area contributed by atoms with Crippen LogP contribution >= 0.6 is 0 Å². The number of aromatic amines is 1. The lowest BCUT2D eigenvalue weighted by Crippen LogP contribution is -2.02. The molecule has 0 amide bonds. The topological polar surface area (TPSA) is 45.8 Å². The summed E-state index contributed by atoms with van der Waals surface area (Å²) in [4.78, 5) is 12.3. The van der Waals surface area contributed by atoms with Gasteiger partial charge in [0.25, 0.3) is 0 Å². The van der Waals surface area contributed by atoms with Crippen LogP contribution < -0.4 is 0 Å². The van der Waals surface area contributed by atoms with Crippen LogP contribution in [0.4, 0.5) is 4.39 Å². The van der Waals surface area contributed by atoms with Crippen molar-refractivity contribution < 1.29 is 9.18 Å². The second-order valence-corrected chi connectivity index (χ2v) is 4.46. The highest BCUT2D eigenvalue weighted by Gasteiger charge is 2.16. The number of rotatable bonds is 2. The maximum absolute atomic E-state index is 12.9. The Labute approximate surface area is 109 Å². The van der Waals surface area contributed by atoms with Gasteiger partial charge in [0.15, 0.2) is 0 Å². The van der Waals surface area contributed by atoms with Crippen LogP contribution in [0.2, 0.25) is 0 Å². The van der Waals surface area contributed by atoms with Crippen LogP contribution in [0.25, 0.3) is 10.9 Å². The highest BCUT2D eigenvalue weighted by atomic mass is 19.1. The maximum Gasteiger partial charge on any atom is 0.213 e. The molecule has 4 heteroatoms. The van der Waals surface area contributed by atoms with Crippen molar-refractivity contribution in [3.05, 3.63) is 65.1 Å². The lowest BCUT2D eigenvalue weighted by atomic mass is 10.0. The zero-order valence-electron chi connectivity index (χ0n) is 10.3. The normalized spacial score (nSPS) is 10.8. The van der Waals surface area contributed by atoms with Crippen LogP contribution in [0, 0.1) is 12.7 Å². The first-order valence-electron chi connectivity index (χ1n) is 5.90. The van der Waals surface area contributed by atoms with Crippen LogP contribution in [0.15, 0.2) is 42.5 Å². The Hall–Kier alpha value is -2.49.